The molecule has 0 bridgehead atoms. The first kappa shape index (κ1) is 13.4. The molecule has 0 rings (SSSR count). The van der Waals surface area contributed by atoms with Crippen molar-refractivity contribution in [2.24, 2.45) is 0 Å². The van der Waals surface area contributed by atoms with Crippen molar-refractivity contribution in [1.82, 2.24) is 5.32 Å². The van der Waals surface area contributed by atoms with Crippen LogP contribution in [0.3, 0.4) is 0 Å². The second-order valence-electron chi connectivity index (χ2n) is 3.06. The second kappa shape index (κ2) is 10.5. The Labute approximate surface area is 86.0 Å². The highest BCUT2D eigenvalue weighted by molar-refractivity contribution is 5.75. The molecule has 0 aliphatic carbocycles. The van der Waals surface area contributed by atoms with E-state index in [4.69, 9.17) is 9.47 Å². The van der Waals surface area contributed by atoms with Gasteiger partial charge in [-0.1, -0.05) is 13.3 Å². The summed E-state index contributed by atoms with van der Waals surface area (Å²) < 4.78 is 10.00. The van der Waals surface area contributed by atoms with E-state index in [1.165, 1.54) is 0 Å². The van der Waals surface area contributed by atoms with Crippen LogP contribution >= 0.6 is 0 Å². The lowest BCUT2D eigenvalue weighted by Crippen LogP contribution is -2.27. The predicted octanol–water partition coefficient (Wildman–Crippen LogP) is 0.956. The average Bonchev–Trinajstić information content (AvgIpc) is 2.20. The van der Waals surface area contributed by atoms with Gasteiger partial charge in [-0.2, -0.15) is 0 Å². The van der Waals surface area contributed by atoms with Gasteiger partial charge in [-0.15, -0.1) is 0 Å². The van der Waals surface area contributed by atoms with Crippen LogP contribution in [0.5, 0.6) is 0 Å². The molecule has 0 heterocycles. The van der Waals surface area contributed by atoms with E-state index >= 15 is 0 Å². The first-order chi connectivity index (χ1) is 6.81. The first-order valence-electron chi connectivity index (χ1n) is 5.14. The molecule has 0 aromatic heterocycles. The van der Waals surface area contributed by atoms with E-state index in [0.29, 0.717) is 32.8 Å². The summed E-state index contributed by atoms with van der Waals surface area (Å²) in [6.45, 7) is 4.40. The maximum atomic E-state index is 11.1. The zero-order valence-corrected chi connectivity index (χ0v) is 9.17. The molecule has 0 spiro atoms. The highest BCUT2D eigenvalue weighted by Crippen LogP contribution is 1.92. The van der Waals surface area contributed by atoms with E-state index in [0.717, 1.165) is 12.8 Å². The SMILES string of the molecule is CCCCC(=O)NCCOCCOC. The van der Waals surface area contributed by atoms with Crippen LogP contribution in [-0.2, 0) is 14.3 Å². The van der Waals surface area contributed by atoms with Crippen LogP contribution in [0.2, 0.25) is 0 Å². The molecule has 0 saturated carbocycles. The Morgan fingerprint density at radius 2 is 2.07 bits per heavy atom. The molecule has 84 valence electrons. The number of nitrogens with one attached hydrogen (secondary N) is 1. The Morgan fingerprint density at radius 1 is 1.29 bits per heavy atom. The molecule has 0 aliphatic heterocycles. The Kier molecular flexibility index (Phi) is 10.0. The van der Waals surface area contributed by atoms with Crippen molar-refractivity contribution in [1.29, 1.82) is 0 Å². The molecule has 1 amide bonds. The van der Waals surface area contributed by atoms with Crippen molar-refractivity contribution < 1.29 is 14.3 Å². The van der Waals surface area contributed by atoms with Gasteiger partial charge in [0.25, 0.3) is 0 Å². The topological polar surface area (TPSA) is 47.6 Å². The molecule has 0 saturated heterocycles. The molecule has 0 fully saturated rings. The van der Waals surface area contributed by atoms with Gasteiger partial charge in [-0.25, -0.2) is 0 Å². The van der Waals surface area contributed by atoms with Crippen LogP contribution in [0.15, 0.2) is 0 Å². The van der Waals surface area contributed by atoms with Crippen molar-refractivity contribution in [2.75, 3.05) is 33.5 Å². The van der Waals surface area contributed by atoms with Crippen LogP contribution in [-0.4, -0.2) is 39.4 Å². The second-order valence-corrected chi connectivity index (χ2v) is 3.06. The zero-order valence-electron chi connectivity index (χ0n) is 9.17. The summed E-state index contributed by atoms with van der Waals surface area (Å²) in [5.41, 5.74) is 0. The van der Waals surface area contributed by atoms with Gasteiger partial charge in [0.1, 0.15) is 0 Å². The van der Waals surface area contributed by atoms with Crippen molar-refractivity contribution in [3.8, 4) is 0 Å². The van der Waals surface area contributed by atoms with Crippen molar-refractivity contribution in [3.63, 3.8) is 0 Å². The summed E-state index contributed by atoms with van der Waals surface area (Å²) in [5.74, 6) is 0.113. The largest absolute Gasteiger partial charge is 0.382 e. The Hall–Kier alpha value is -0.610. The zero-order chi connectivity index (χ0) is 10.6. The summed E-state index contributed by atoms with van der Waals surface area (Å²) in [4.78, 5) is 11.1. The van der Waals surface area contributed by atoms with E-state index in [1.54, 1.807) is 7.11 Å². The van der Waals surface area contributed by atoms with E-state index in [1.807, 2.05) is 0 Å². The lowest BCUT2D eigenvalue weighted by atomic mass is 10.2. The lowest BCUT2D eigenvalue weighted by molar-refractivity contribution is -0.121. The summed E-state index contributed by atoms with van der Waals surface area (Å²) in [6.07, 6.45) is 2.63. The summed E-state index contributed by atoms with van der Waals surface area (Å²) in [6, 6.07) is 0. The smallest absolute Gasteiger partial charge is 0.220 e. The highest BCUT2D eigenvalue weighted by atomic mass is 16.5. The quantitative estimate of drug-likeness (QED) is 0.568. The minimum absolute atomic E-state index is 0.113. The Balaban J connectivity index is 3.07. The van der Waals surface area contributed by atoms with E-state index in [9.17, 15) is 4.79 Å². The van der Waals surface area contributed by atoms with E-state index in [2.05, 4.69) is 12.2 Å². The molecule has 0 unspecified atom stereocenters. The molecular formula is C10H21NO3. The third-order valence-electron chi connectivity index (χ3n) is 1.76. The maximum absolute atomic E-state index is 11.1. The standard InChI is InChI=1S/C10H21NO3/c1-3-4-5-10(12)11-6-7-14-9-8-13-2/h3-9H2,1-2H3,(H,11,12). The van der Waals surface area contributed by atoms with Gasteiger partial charge in [0.05, 0.1) is 19.8 Å². The molecule has 4 heteroatoms. The predicted molar refractivity (Wildman–Crippen MR) is 55.2 cm³/mol. The van der Waals surface area contributed by atoms with Crippen molar-refractivity contribution >= 4 is 5.91 Å². The summed E-state index contributed by atoms with van der Waals surface area (Å²) in [5, 5.41) is 2.79. The van der Waals surface area contributed by atoms with Gasteiger partial charge in [0.15, 0.2) is 0 Å². The number of amides is 1. The number of hydrogen-bond donors (Lipinski definition) is 1. The van der Waals surface area contributed by atoms with Gasteiger partial charge < -0.3 is 14.8 Å². The highest BCUT2D eigenvalue weighted by Gasteiger charge is 1.98. The fourth-order valence-electron chi connectivity index (χ4n) is 0.933. The van der Waals surface area contributed by atoms with E-state index < -0.39 is 0 Å². The molecule has 14 heavy (non-hydrogen) atoms. The molecule has 0 atom stereocenters. The lowest BCUT2D eigenvalue weighted by Gasteiger charge is -2.05. The van der Waals surface area contributed by atoms with Crippen LogP contribution in [0.4, 0.5) is 0 Å². The third kappa shape index (κ3) is 9.48. The van der Waals surface area contributed by atoms with Gasteiger partial charge in [0, 0.05) is 20.1 Å². The van der Waals surface area contributed by atoms with Crippen LogP contribution in [0.1, 0.15) is 26.2 Å². The first-order valence-corrected chi connectivity index (χ1v) is 5.14. The van der Waals surface area contributed by atoms with Crippen molar-refractivity contribution in [2.45, 2.75) is 26.2 Å². The number of carbonyl (C=O) groups is 1. The number of unbranched alkanes of at least 4 members (excludes halogenated alkanes) is 1. The number of hydrogen-bond acceptors (Lipinski definition) is 3. The Morgan fingerprint density at radius 3 is 2.71 bits per heavy atom. The van der Waals surface area contributed by atoms with Crippen LogP contribution in [0.25, 0.3) is 0 Å². The van der Waals surface area contributed by atoms with Crippen LogP contribution in [0, 0.1) is 0 Å². The molecule has 0 aromatic rings. The number of ether oxygens (including phenoxy) is 2. The molecule has 0 aliphatic rings. The Bertz CT molecular complexity index is 139. The fourth-order valence-corrected chi connectivity index (χ4v) is 0.933. The fraction of sp³-hybridized carbons (Fsp3) is 0.900. The van der Waals surface area contributed by atoms with Crippen LogP contribution < -0.4 is 5.32 Å². The van der Waals surface area contributed by atoms with Gasteiger partial charge >= 0.3 is 0 Å². The normalized spacial score (nSPS) is 10.1. The average molecular weight is 203 g/mol. The summed E-state index contributed by atoms with van der Waals surface area (Å²) >= 11 is 0. The van der Waals surface area contributed by atoms with Crippen molar-refractivity contribution in [3.05, 3.63) is 0 Å². The monoisotopic (exact) mass is 203 g/mol. The number of carbonyl (C=O) groups excluding carboxylic acids is 1. The minimum Gasteiger partial charge on any atom is -0.382 e. The number of rotatable bonds is 9. The maximum Gasteiger partial charge on any atom is 0.220 e. The minimum atomic E-state index is 0.113. The molecule has 4 nitrogen and oxygen atoms in total. The van der Waals surface area contributed by atoms with Gasteiger partial charge in [0.2, 0.25) is 5.91 Å². The molecular weight excluding hydrogens is 182 g/mol. The third-order valence-corrected chi connectivity index (χ3v) is 1.76. The van der Waals surface area contributed by atoms with Gasteiger partial charge in [-0.3, -0.25) is 4.79 Å². The van der Waals surface area contributed by atoms with E-state index in [-0.39, 0.29) is 5.91 Å². The molecule has 0 aromatic carbocycles. The number of methoxy groups -OCH3 is 1. The molecule has 1 N–H and O–H groups in total. The van der Waals surface area contributed by atoms with Gasteiger partial charge in [-0.05, 0) is 6.42 Å². The summed E-state index contributed by atoms with van der Waals surface area (Å²) in [7, 11) is 1.63. The molecule has 0 radical (unpaired) electrons.